The topological polar surface area (TPSA) is 142 Å². The molecular weight excluding hydrogens is 552 g/mol. The van der Waals surface area contributed by atoms with Crippen molar-refractivity contribution in [1.29, 1.82) is 0 Å². The summed E-state index contributed by atoms with van der Waals surface area (Å²) in [4.78, 5) is 25.1. The van der Waals surface area contributed by atoms with E-state index in [0.717, 1.165) is 51.0 Å². The molecule has 0 heterocycles. The van der Waals surface area contributed by atoms with Gasteiger partial charge in [-0.1, -0.05) is 12.1 Å². The molecule has 0 aliphatic heterocycles. The quantitative estimate of drug-likeness (QED) is 0.0853. The lowest BCUT2D eigenvalue weighted by Crippen LogP contribution is -2.28. The van der Waals surface area contributed by atoms with Crippen molar-refractivity contribution < 1.29 is 33.3 Å². The predicted octanol–water partition coefficient (Wildman–Crippen LogP) is 3.20. The molecule has 0 aromatic heterocycles. The minimum absolute atomic E-state index is 0.00327. The SMILES string of the molecule is COc1ccc(/C=C/C(=O)c2cc(OC)c(OC)c(OC)c2)cc1OCCCC(=O)NCCCNCCCCNCCN. The molecule has 0 radical (unpaired) electrons. The molecule has 0 saturated heterocycles. The van der Waals surface area contributed by atoms with Crippen molar-refractivity contribution >= 4 is 17.8 Å². The standard InChI is InChI=1S/C32H48N4O7/c1-39-27-13-11-24(10-12-26(37)25-22-29(40-2)32(42-4)30(23-25)41-3)21-28(27)43-20-7-9-31(38)36-18-8-17-34-15-5-6-16-35-19-14-33/h10-13,21-23,34-35H,5-9,14-20,33H2,1-4H3,(H,36,38)/b12-10+. The average Bonchev–Trinajstić information content (AvgIpc) is 3.03. The third-order valence-corrected chi connectivity index (χ3v) is 6.50. The van der Waals surface area contributed by atoms with Crippen molar-refractivity contribution in [1.82, 2.24) is 16.0 Å². The number of nitrogens with two attached hydrogens (primary N) is 1. The number of rotatable bonds is 23. The fraction of sp³-hybridized carbons (Fsp3) is 0.500. The number of methoxy groups -OCH3 is 4. The fourth-order valence-corrected chi connectivity index (χ4v) is 4.20. The molecule has 11 heteroatoms. The molecule has 0 unspecified atom stereocenters. The number of carbonyl (C=O) groups is 2. The normalized spacial score (nSPS) is 10.9. The second kappa shape index (κ2) is 21.0. The van der Waals surface area contributed by atoms with Crippen LogP contribution in [0.5, 0.6) is 28.7 Å². The number of ketones is 1. The van der Waals surface area contributed by atoms with Gasteiger partial charge in [0.25, 0.3) is 0 Å². The van der Waals surface area contributed by atoms with Crippen molar-refractivity contribution in [2.45, 2.75) is 32.1 Å². The molecule has 238 valence electrons. The van der Waals surface area contributed by atoms with E-state index < -0.39 is 0 Å². The summed E-state index contributed by atoms with van der Waals surface area (Å²) in [5.74, 6) is 2.09. The number of ether oxygens (including phenoxy) is 5. The largest absolute Gasteiger partial charge is 0.493 e. The van der Waals surface area contributed by atoms with Crippen LogP contribution in [0.2, 0.25) is 0 Å². The molecule has 0 spiro atoms. The smallest absolute Gasteiger partial charge is 0.220 e. The molecule has 2 aromatic carbocycles. The van der Waals surface area contributed by atoms with Crippen molar-refractivity contribution in [3.8, 4) is 28.7 Å². The zero-order chi connectivity index (χ0) is 31.3. The van der Waals surface area contributed by atoms with Crippen LogP contribution in [0.3, 0.4) is 0 Å². The minimum atomic E-state index is -0.231. The summed E-state index contributed by atoms with van der Waals surface area (Å²) in [6.07, 6.45) is 7.21. The average molecular weight is 601 g/mol. The van der Waals surface area contributed by atoms with E-state index in [9.17, 15) is 9.59 Å². The third kappa shape index (κ3) is 12.9. The minimum Gasteiger partial charge on any atom is -0.493 e. The molecule has 0 bridgehead atoms. The molecule has 0 atom stereocenters. The predicted molar refractivity (Wildman–Crippen MR) is 169 cm³/mol. The first-order valence-electron chi connectivity index (χ1n) is 14.7. The van der Waals surface area contributed by atoms with E-state index >= 15 is 0 Å². The zero-order valence-electron chi connectivity index (χ0n) is 26.0. The number of hydrogen-bond donors (Lipinski definition) is 4. The Balaban J connectivity index is 1.76. The number of allylic oxidation sites excluding steroid dienone is 1. The van der Waals surface area contributed by atoms with Crippen LogP contribution in [0, 0.1) is 0 Å². The summed E-state index contributed by atoms with van der Waals surface area (Å²) < 4.78 is 27.3. The Labute approximate surface area is 255 Å². The number of nitrogens with one attached hydrogen (secondary N) is 3. The monoisotopic (exact) mass is 600 g/mol. The van der Waals surface area contributed by atoms with Gasteiger partial charge in [0.1, 0.15) is 0 Å². The van der Waals surface area contributed by atoms with E-state index in [-0.39, 0.29) is 11.7 Å². The number of amides is 1. The number of carbonyl (C=O) groups excluding carboxylic acids is 2. The van der Waals surface area contributed by atoms with Gasteiger partial charge in [0, 0.05) is 31.6 Å². The Hall–Kier alpha value is -3.80. The number of unbranched alkanes of at least 4 members (excludes halogenated alkanes) is 1. The van der Waals surface area contributed by atoms with Gasteiger partial charge in [-0.25, -0.2) is 0 Å². The van der Waals surface area contributed by atoms with E-state index in [1.165, 1.54) is 27.4 Å². The molecule has 1 amide bonds. The molecule has 43 heavy (non-hydrogen) atoms. The fourth-order valence-electron chi connectivity index (χ4n) is 4.20. The van der Waals surface area contributed by atoms with Gasteiger partial charge in [-0.15, -0.1) is 0 Å². The lowest BCUT2D eigenvalue weighted by molar-refractivity contribution is -0.121. The van der Waals surface area contributed by atoms with Crippen LogP contribution in [0.25, 0.3) is 6.08 Å². The lowest BCUT2D eigenvalue weighted by Gasteiger charge is -2.13. The van der Waals surface area contributed by atoms with E-state index in [1.54, 1.807) is 37.5 Å². The first-order chi connectivity index (χ1) is 21.0. The van der Waals surface area contributed by atoms with Crippen LogP contribution in [-0.4, -0.2) is 86.0 Å². The van der Waals surface area contributed by atoms with Crippen molar-refractivity contribution in [3.05, 3.63) is 47.5 Å². The van der Waals surface area contributed by atoms with Crippen molar-refractivity contribution in [3.63, 3.8) is 0 Å². The highest BCUT2D eigenvalue weighted by Gasteiger charge is 2.16. The summed E-state index contributed by atoms with van der Waals surface area (Å²) in [7, 11) is 6.07. The van der Waals surface area contributed by atoms with Gasteiger partial charge in [0.15, 0.2) is 28.8 Å². The van der Waals surface area contributed by atoms with E-state index in [2.05, 4.69) is 16.0 Å². The summed E-state index contributed by atoms with van der Waals surface area (Å²) in [6.45, 7) is 5.36. The van der Waals surface area contributed by atoms with E-state index in [1.807, 2.05) is 6.07 Å². The maximum atomic E-state index is 12.9. The van der Waals surface area contributed by atoms with Crippen LogP contribution < -0.4 is 45.4 Å². The molecule has 5 N–H and O–H groups in total. The highest BCUT2D eigenvalue weighted by molar-refractivity contribution is 6.07. The lowest BCUT2D eigenvalue weighted by atomic mass is 10.1. The van der Waals surface area contributed by atoms with Crippen LogP contribution in [0.1, 0.15) is 48.0 Å². The maximum absolute atomic E-state index is 12.9. The highest BCUT2D eigenvalue weighted by atomic mass is 16.5. The van der Waals surface area contributed by atoms with Gasteiger partial charge in [0.05, 0.1) is 35.0 Å². The summed E-state index contributed by atoms with van der Waals surface area (Å²) in [6, 6.07) is 8.61. The first kappa shape index (κ1) is 35.4. The van der Waals surface area contributed by atoms with Crippen LogP contribution in [-0.2, 0) is 4.79 Å². The second-order valence-corrected chi connectivity index (χ2v) is 9.67. The summed E-state index contributed by atoms with van der Waals surface area (Å²) in [5, 5.41) is 9.63. The first-order valence-corrected chi connectivity index (χ1v) is 14.7. The van der Waals surface area contributed by atoms with Gasteiger partial charge in [0.2, 0.25) is 11.7 Å². The molecule has 0 fully saturated rings. The van der Waals surface area contributed by atoms with Gasteiger partial charge in [-0.05, 0) is 81.2 Å². The summed E-state index contributed by atoms with van der Waals surface area (Å²) >= 11 is 0. The van der Waals surface area contributed by atoms with E-state index in [4.69, 9.17) is 29.4 Å². The van der Waals surface area contributed by atoms with Gasteiger partial charge in [-0.3, -0.25) is 9.59 Å². The van der Waals surface area contributed by atoms with Crippen molar-refractivity contribution in [2.24, 2.45) is 5.73 Å². The second-order valence-electron chi connectivity index (χ2n) is 9.67. The Morgan fingerprint density at radius 1 is 0.744 bits per heavy atom. The molecular formula is C32H48N4O7. The Bertz CT molecular complexity index is 1130. The van der Waals surface area contributed by atoms with Crippen LogP contribution in [0.4, 0.5) is 0 Å². The Morgan fingerprint density at radius 3 is 2.02 bits per heavy atom. The molecule has 2 aromatic rings. The number of hydrogen-bond acceptors (Lipinski definition) is 10. The van der Waals surface area contributed by atoms with Crippen LogP contribution >= 0.6 is 0 Å². The Kier molecular flexibility index (Phi) is 17.3. The molecule has 0 aliphatic carbocycles. The molecule has 0 aliphatic rings. The van der Waals surface area contributed by atoms with Gasteiger partial charge in [-0.2, -0.15) is 0 Å². The molecule has 11 nitrogen and oxygen atoms in total. The number of benzene rings is 2. The zero-order valence-corrected chi connectivity index (χ0v) is 26.0. The Morgan fingerprint density at radius 2 is 1.40 bits per heavy atom. The molecule has 2 rings (SSSR count). The van der Waals surface area contributed by atoms with Gasteiger partial charge < -0.3 is 45.4 Å². The van der Waals surface area contributed by atoms with Gasteiger partial charge >= 0.3 is 0 Å². The van der Waals surface area contributed by atoms with Crippen molar-refractivity contribution in [2.75, 3.05) is 74.3 Å². The van der Waals surface area contributed by atoms with E-state index in [0.29, 0.717) is 66.8 Å². The van der Waals surface area contributed by atoms with Crippen LogP contribution in [0.15, 0.2) is 36.4 Å². The molecule has 0 saturated carbocycles. The highest BCUT2D eigenvalue weighted by Crippen LogP contribution is 2.38. The summed E-state index contributed by atoms with van der Waals surface area (Å²) in [5.41, 5.74) is 6.60. The maximum Gasteiger partial charge on any atom is 0.220 e. The third-order valence-electron chi connectivity index (χ3n) is 6.50.